The van der Waals surface area contributed by atoms with E-state index in [1.807, 2.05) is 6.92 Å². The zero-order valence-electron chi connectivity index (χ0n) is 12.8. The minimum atomic E-state index is -3.22. The van der Waals surface area contributed by atoms with Crippen molar-refractivity contribution >= 4 is 27.5 Å². The number of carbonyl (C=O) groups excluding carboxylic acids is 1. The predicted octanol–water partition coefficient (Wildman–Crippen LogP) is 1.37. The first-order valence-electron chi connectivity index (χ1n) is 6.82. The monoisotopic (exact) mass is 346 g/mol. The van der Waals surface area contributed by atoms with Crippen LogP contribution in [0.5, 0.6) is 5.75 Å². The number of sulfonamides is 1. The zero-order valence-corrected chi connectivity index (χ0v) is 14.4. The molecule has 1 saturated heterocycles. The maximum absolute atomic E-state index is 12.7. The summed E-state index contributed by atoms with van der Waals surface area (Å²) in [5, 5.41) is 0.469. The number of piperazine rings is 1. The third-order valence-corrected chi connectivity index (χ3v) is 5.19. The summed E-state index contributed by atoms with van der Waals surface area (Å²) in [5.41, 5.74) is 1.19. The Hall–Kier alpha value is -1.31. The number of hydrogen-bond acceptors (Lipinski definition) is 4. The van der Waals surface area contributed by atoms with E-state index in [0.717, 1.165) is 5.56 Å². The summed E-state index contributed by atoms with van der Waals surface area (Å²) in [6.45, 7) is 3.11. The molecule has 2 rings (SSSR count). The second-order valence-electron chi connectivity index (χ2n) is 5.26. The van der Waals surface area contributed by atoms with Crippen LogP contribution in [0.25, 0.3) is 0 Å². The molecule has 0 radical (unpaired) electrons. The molecule has 22 heavy (non-hydrogen) atoms. The summed E-state index contributed by atoms with van der Waals surface area (Å²) in [7, 11) is -1.71. The number of benzene rings is 1. The molecule has 0 bridgehead atoms. The van der Waals surface area contributed by atoms with E-state index < -0.39 is 10.0 Å². The number of nitrogens with zero attached hydrogens (tertiary/aromatic N) is 2. The molecular formula is C14H19ClN2O4S. The molecule has 6 nitrogen and oxygen atoms in total. The molecule has 1 aliphatic rings. The highest BCUT2D eigenvalue weighted by molar-refractivity contribution is 7.88. The van der Waals surface area contributed by atoms with E-state index in [-0.39, 0.29) is 5.91 Å². The van der Waals surface area contributed by atoms with Gasteiger partial charge in [0.15, 0.2) is 0 Å². The van der Waals surface area contributed by atoms with Crippen LogP contribution in [0.4, 0.5) is 0 Å². The molecule has 1 heterocycles. The summed E-state index contributed by atoms with van der Waals surface area (Å²) >= 11 is 6.03. The standard InChI is InChI=1S/C14H19ClN2O4S/c1-10-8-11(15)9-12(13(10)21-2)14(18)16-4-6-17(7-5-16)22(3,19)20/h8-9H,4-7H2,1-3H3. The van der Waals surface area contributed by atoms with Gasteiger partial charge in [-0.2, -0.15) is 4.31 Å². The second kappa shape index (κ2) is 6.44. The minimum absolute atomic E-state index is 0.199. The highest BCUT2D eigenvalue weighted by Gasteiger charge is 2.28. The lowest BCUT2D eigenvalue weighted by atomic mass is 10.1. The molecule has 122 valence electrons. The smallest absolute Gasteiger partial charge is 0.257 e. The van der Waals surface area contributed by atoms with Crippen molar-refractivity contribution in [3.63, 3.8) is 0 Å². The third kappa shape index (κ3) is 3.53. The molecule has 0 aromatic heterocycles. The van der Waals surface area contributed by atoms with E-state index in [1.165, 1.54) is 17.7 Å². The maximum atomic E-state index is 12.7. The van der Waals surface area contributed by atoms with Gasteiger partial charge in [-0.1, -0.05) is 11.6 Å². The fourth-order valence-corrected chi connectivity index (χ4v) is 3.65. The Kier molecular flexibility index (Phi) is 4.99. The quantitative estimate of drug-likeness (QED) is 0.829. The molecule has 0 spiro atoms. The molecule has 1 fully saturated rings. The lowest BCUT2D eigenvalue weighted by Gasteiger charge is -2.33. The highest BCUT2D eigenvalue weighted by atomic mass is 35.5. The molecule has 0 N–H and O–H groups in total. The Bertz CT molecular complexity index is 682. The van der Waals surface area contributed by atoms with Crippen LogP contribution in [0, 0.1) is 6.92 Å². The van der Waals surface area contributed by atoms with Crippen molar-refractivity contribution in [1.29, 1.82) is 0 Å². The number of amides is 1. The lowest BCUT2D eigenvalue weighted by Crippen LogP contribution is -2.50. The number of halogens is 1. The zero-order chi connectivity index (χ0) is 16.5. The highest BCUT2D eigenvalue weighted by Crippen LogP contribution is 2.29. The number of carbonyl (C=O) groups is 1. The van der Waals surface area contributed by atoms with Crippen LogP contribution in [-0.4, -0.2) is 63.1 Å². The van der Waals surface area contributed by atoms with Gasteiger partial charge in [-0.25, -0.2) is 8.42 Å². The van der Waals surface area contributed by atoms with Gasteiger partial charge in [-0.3, -0.25) is 4.79 Å². The van der Waals surface area contributed by atoms with E-state index in [2.05, 4.69) is 0 Å². The van der Waals surface area contributed by atoms with Crippen LogP contribution in [0.3, 0.4) is 0 Å². The number of rotatable bonds is 3. The molecule has 1 aromatic rings. The average molecular weight is 347 g/mol. The largest absolute Gasteiger partial charge is 0.496 e. The fourth-order valence-electron chi connectivity index (χ4n) is 2.55. The molecule has 0 saturated carbocycles. The summed E-state index contributed by atoms with van der Waals surface area (Å²) in [6, 6.07) is 3.32. The number of aryl methyl sites for hydroxylation is 1. The van der Waals surface area contributed by atoms with Crippen molar-refractivity contribution in [3.05, 3.63) is 28.3 Å². The first-order chi connectivity index (χ1) is 10.2. The summed E-state index contributed by atoms with van der Waals surface area (Å²) in [6.07, 6.45) is 1.17. The summed E-state index contributed by atoms with van der Waals surface area (Å²) < 4.78 is 29.7. The Labute approximate surface area is 135 Å². The Morgan fingerprint density at radius 2 is 1.82 bits per heavy atom. The van der Waals surface area contributed by atoms with Gasteiger partial charge >= 0.3 is 0 Å². The first kappa shape index (κ1) is 17.1. The van der Waals surface area contributed by atoms with Gasteiger partial charge in [0.2, 0.25) is 10.0 Å². The number of methoxy groups -OCH3 is 1. The van der Waals surface area contributed by atoms with E-state index >= 15 is 0 Å². The molecule has 1 amide bonds. The Morgan fingerprint density at radius 1 is 1.23 bits per heavy atom. The normalized spacial score (nSPS) is 16.6. The molecule has 1 aliphatic heterocycles. The maximum Gasteiger partial charge on any atom is 0.257 e. The van der Waals surface area contributed by atoms with E-state index in [1.54, 1.807) is 17.0 Å². The van der Waals surface area contributed by atoms with Crippen molar-refractivity contribution in [2.45, 2.75) is 6.92 Å². The van der Waals surface area contributed by atoms with E-state index in [4.69, 9.17) is 16.3 Å². The topological polar surface area (TPSA) is 66.9 Å². The van der Waals surface area contributed by atoms with Gasteiger partial charge < -0.3 is 9.64 Å². The summed E-state index contributed by atoms with van der Waals surface area (Å²) in [4.78, 5) is 14.3. The SMILES string of the molecule is COc1c(C)cc(Cl)cc1C(=O)N1CCN(S(C)(=O)=O)CC1. The van der Waals surface area contributed by atoms with Crippen molar-refractivity contribution in [1.82, 2.24) is 9.21 Å². The van der Waals surface area contributed by atoms with Crippen molar-refractivity contribution < 1.29 is 17.9 Å². The van der Waals surface area contributed by atoms with Crippen LogP contribution in [0.15, 0.2) is 12.1 Å². The van der Waals surface area contributed by atoms with Gasteiger partial charge in [0.1, 0.15) is 5.75 Å². The van der Waals surface area contributed by atoms with E-state index in [9.17, 15) is 13.2 Å². The average Bonchev–Trinajstić information content (AvgIpc) is 2.45. The van der Waals surface area contributed by atoms with Gasteiger partial charge in [0.05, 0.1) is 18.9 Å². The van der Waals surface area contributed by atoms with Crippen molar-refractivity contribution in [2.75, 3.05) is 39.5 Å². The summed E-state index contributed by atoms with van der Waals surface area (Å²) in [5.74, 6) is 0.301. The van der Waals surface area contributed by atoms with Crippen LogP contribution in [0.2, 0.25) is 5.02 Å². The molecule has 0 atom stereocenters. The van der Waals surface area contributed by atoms with Crippen LogP contribution in [0.1, 0.15) is 15.9 Å². The van der Waals surface area contributed by atoms with Crippen LogP contribution >= 0.6 is 11.6 Å². The number of ether oxygens (including phenoxy) is 1. The van der Waals surface area contributed by atoms with Crippen molar-refractivity contribution in [2.24, 2.45) is 0 Å². The van der Waals surface area contributed by atoms with Crippen LogP contribution in [-0.2, 0) is 10.0 Å². The molecule has 0 unspecified atom stereocenters. The molecule has 1 aromatic carbocycles. The van der Waals surface area contributed by atoms with Gasteiger partial charge in [0.25, 0.3) is 5.91 Å². The van der Waals surface area contributed by atoms with Gasteiger partial charge in [-0.05, 0) is 24.6 Å². The number of hydrogen-bond donors (Lipinski definition) is 0. The molecule has 8 heteroatoms. The van der Waals surface area contributed by atoms with Crippen LogP contribution < -0.4 is 4.74 Å². The fraction of sp³-hybridized carbons (Fsp3) is 0.500. The first-order valence-corrected chi connectivity index (χ1v) is 9.05. The molecular weight excluding hydrogens is 328 g/mol. The van der Waals surface area contributed by atoms with Gasteiger partial charge in [0, 0.05) is 31.2 Å². The Balaban J connectivity index is 2.20. The lowest BCUT2D eigenvalue weighted by molar-refractivity contribution is 0.0694. The third-order valence-electron chi connectivity index (χ3n) is 3.67. The molecule has 0 aliphatic carbocycles. The minimum Gasteiger partial charge on any atom is -0.496 e. The Morgan fingerprint density at radius 3 is 2.32 bits per heavy atom. The van der Waals surface area contributed by atoms with E-state index in [0.29, 0.717) is 42.5 Å². The second-order valence-corrected chi connectivity index (χ2v) is 7.68. The van der Waals surface area contributed by atoms with Gasteiger partial charge in [-0.15, -0.1) is 0 Å². The predicted molar refractivity (Wildman–Crippen MR) is 85.1 cm³/mol. The van der Waals surface area contributed by atoms with Crippen molar-refractivity contribution in [3.8, 4) is 5.75 Å².